The van der Waals surface area contributed by atoms with Crippen LogP contribution < -0.4 is 0 Å². The van der Waals surface area contributed by atoms with Crippen LogP contribution in [0.1, 0.15) is 81.7 Å². The molecule has 0 radical (unpaired) electrons. The van der Waals surface area contributed by atoms with Crippen molar-refractivity contribution >= 4 is 25.0 Å². The maximum absolute atomic E-state index is 13.2. The molecule has 0 saturated carbocycles. The maximum atomic E-state index is 13.2. The summed E-state index contributed by atoms with van der Waals surface area (Å²) in [7, 11) is -6.55. The van der Waals surface area contributed by atoms with Crippen molar-refractivity contribution in [2.24, 2.45) is 0 Å². The lowest BCUT2D eigenvalue weighted by molar-refractivity contribution is -0.171. The van der Waals surface area contributed by atoms with Crippen LogP contribution in [0, 0.1) is 0 Å². The van der Waals surface area contributed by atoms with E-state index in [4.69, 9.17) is 27.5 Å². The molecule has 1 aliphatic heterocycles. The molecule has 1 heterocycles. The van der Waals surface area contributed by atoms with Gasteiger partial charge in [-0.1, -0.05) is 98.7 Å². The third-order valence-electron chi connectivity index (χ3n) is 11.0. The zero-order valence-electron chi connectivity index (χ0n) is 33.1. The van der Waals surface area contributed by atoms with E-state index in [2.05, 4.69) is 102 Å². The SMILES string of the molecule is CC1(C)O[C@@H]([C@@](O)(CO[Si](C)(C)C(C)(C)C)/C(=C/CO[Si](C)(C)C(C)(C)C)CO[Si](C)(C)C(C)(C)C)[C@@H](COCc2ccccc2)O1. The molecule has 0 bridgehead atoms. The molecule has 1 aromatic rings. The highest BCUT2D eigenvalue weighted by Crippen LogP contribution is 2.43. The van der Waals surface area contributed by atoms with E-state index in [9.17, 15) is 5.11 Å². The number of aliphatic hydroxyl groups is 1. The third-order valence-corrected chi connectivity index (χ3v) is 24.5. The second-order valence-electron chi connectivity index (χ2n) is 18.4. The Morgan fingerprint density at radius 2 is 1.26 bits per heavy atom. The summed E-state index contributed by atoms with van der Waals surface area (Å²) in [4.78, 5) is 0. The average Bonchev–Trinajstić information content (AvgIpc) is 3.22. The number of ether oxygens (including phenoxy) is 3. The molecular formula is C37H70O7Si3. The molecule has 0 unspecified atom stereocenters. The van der Waals surface area contributed by atoms with Crippen molar-refractivity contribution < 1.29 is 32.6 Å². The summed E-state index contributed by atoms with van der Waals surface area (Å²) in [6.45, 7) is 38.5. The Morgan fingerprint density at radius 3 is 1.77 bits per heavy atom. The molecule has 1 N–H and O–H groups in total. The minimum atomic E-state index is -2.29. The molecule has 2 rings (SSSR count). The Morgan fingerprint density at radius 1 is 0.766 bits per heavy atom. The molecule has 0 aromatic heterocycles. The fourth-order valence-corrected chi connectivity index (χ4v) is 7.39. The summed E-state index contributed by atoms with van der Waals surface area (Å²) in [6.07, 6.45) is 0.721. The first-order valence-electron chi connectivity index (χ1n) is 17.4. The van der Waals surface area contributed by atoms with Crippen LogP contribution in [0.5, 0.6) is 0 Å². The Hall–Kier alpha value is -0.669. The van der Waals surface area contributed by atoms with Gasteiger partial charge in [-0.05, 0) is 79.4 Å². The van der Waals surface area contributed by atoms with Gasteiger partial charge in [0, 0.05) is 0 Å². The van der Waals surface area contributed by atoms with Crippen molar-refractivity contribution in [3.63, 3.8) is 0 Å². The topological polar surface area (TPSA) is 75.6 Å². The first-order valence-corrected chi connectivity index (χ1v) is 26.1. The Kier molecular flexibility index (Phi) is 13.8. The monoisotopic (exact) mass is 710 g/mol. The lowest BCUT2D eigenvalue weighted by Crippen LogP contribution is -2.57. The lowest BCUT2D eigenvalue weighted by atomic mass is 9.85. The Balaban J connectivity index is 2.62. The molecule has 0 amide bonds. The first-order chi connectivity index (χ1) is 21.0. The van der Waals surface area contributed by atoms with Gasteiger partial charge in [0.05, 0.1) is 33.0 Å². The highest BCUT2D eigenvalue weighted by Gasteiger charge is 2.55. The zero-order valence-corrected chi connectivity index (χ0v) is 36.1. The van der Waals surface area contributed by atoms with E-state index in [1.807, 2.05) is 50.3 Å². The van der Waals surface area contributed by atoms with Crippen molar-refractivity contribution in [1.82, 2.24) is 0 Å². The molecule has 1 fully saturated rings. The molecule has 1 aliphatic rings. The van der Waals surface area contributed by atoms with E-state index in [0.29, 0.717) is 18.8 Å². The van der Waals surface area contributed by atoms with Gasteiger partial charge in [0.1, 0.15) is 17.8 Å². The van der Waals surface area contributed by atoms with Gasteiger partial charge in [-0.15, -0.1) is 0 Å². The third kappa shape index (κ3) is 11.4. The fourth-order valence-electron chi connectivity index (χ4n) is 4.50. The van der Waals surface area contributed by atoms with Crippen molar-refractivity contribution in [3.05, 3.63) is 47.5 Å². The lowest BCUT2D eigenvalue weighted by Gasteiger charge is -2.44. The van der Waals surface area contributed by atoms with E-state index in [-0.39, 0.29) is 34.9 Å². The van der Waals surface area contributed by atoms with Gasteiger partial charge in [-0.3, -0.25) is 0 Å². The van der Waals surface area contributed by atoms with E-state index in [1.54, 1.807) is 0 Å². The van der Waals surface area contributed by atoms with Gasteiger partial charge in [0.2, 0.25) is 0 Å². The Labute approximate surface area is 291 Å². The fraction of sp³-hybridized carbons (Fsp3) is 0.784. The van der Waals surface area contributed by atoms with Gasteiger partial charge in [0.25, 0.3) is 0 Å². The molecule has 7 nitrogen and oxygen atoms in total. The first kappa shape index (κ1) is 42.5. The van der Waals surface area contributed by atoms with Crippen molar-refractivity contribution in [2.75, 3.05) is 26.4 Å². The molecule has 1 saturated heterocycles. The summed E-state index contributed by atoms with van der Waals surface area (Å²) in [5.74, 6) is -0.931. The standard InChI is InChI=1S/C37H70O7Si3/c1-33(2,3)45(12,13)40-24-23-30(26-41-46(14,15)34(4,5)6)37(38,28-42-47(16,17)35(7,8)9)32-31(43-36(10,11)44-32)27-39-25-29-21-19-18-20-22-29/h18-23,31-32,38H,24-28H2,1-17H3/b30-23+/t31-,32-,37-/m1/s1. The van der Waals surface area contributed by atoms with Crippen molar-refractivity contribution in [1.29, 1.82) is 0 Å². The predicted molar refractivity (Wildman–Crippen MR) is 202 cm³/mol. The van der Waals surface area contributed by atoms with Crippen molar-refractivity contribution in [3.8, 4) is 0 Å². The number of benzene rings is 1. The van der Waals surface area contributed by atoms with Crippen LogP contribution in [0.2, 0.25) is 54.4 Å². The van der Waals surface area contributed by atoms with Gasteiger partial charge in [-0.25, -0.2) is 0 Å². The summed E-state index contributed by atoms with van der Waals surface area (Å²) < 4.78 is 39.6. The highest BCUT2D eigenvalue weighted by atomic mass is 28.4. The van der Waals surface area contributed by atoms with Crippen LogP contribution >= 0.6 is 0 Å². The average molecular weight is 711 g/mol. The summed E-state index contributed by atoms with van der Waals surface area (Å²) >= 11 is 0. The molecule has 3 atom stereocenters. The van der Waals surface area contributed by atoms with Gasteiger partial charge >= 0.3 is 0 Å². The van der Waals surface area contributed by atoms with Crippen LogP contribution in [0.3, 0.4) is 0 Å². The molecule has 272 valence electrons. The zero-order chi connectivity index (χ0) is 36.3. The van der Waals surface area contributed by atoms with Gasteiger partial charge < -0.3 is 32.6 Å². The summed E-state index contributed by atoms with van der Waals surface area (Å²) in [6, 6.07) is 10.1. The van der Waals surface area contributed by atoms with Crippen LogP contribution in [0.25, 0.3) is 0 Å². The molecule has 47 heavy (non-hydrogen) atoms. The number of hydrogen-bond donors (Lipinski definition) is 1. The van der Waals surface area contributed by atoms with Crippen LogP contribution in [-0.4, -0.2) is 80.1 Å². The van der Waals surface area contributed by atoms with E-state index < -0.39 is 48.5 Å². The highest BCUT2D eigenvalue weighted by molar-refractivity contribution is 6.74. The molecule has 0 spiro atoms. The normalized spacial score (nSPS) is 21.6. The minimum Gasteiger partial charge on any atom is -0.413 e. The summed E-state index contributed by atoms with van der Waals surface area (Å²) in [5, 5.41) is 13.2. The summed E-state index contributed by atoms with van der Waals surface area (Å²) in [5.41, 5.74) is 0.215. The largest absolute Gasteiger partial charge is 0.413 e. The molecule has 1 aromatic carbocycles. The maximum Gasteiger partial charge on any atom is 0.192 e. The Bertz CT molecular complexity index is 1160. The van der Waals surface area contributed by atoms with Crippen LogP contribution in [0.4, 0.5) is 0 Å². The van der Waals surface area contributed by atoms with Crippen molar-refractivity contribution in [2.45, 2.75) is 161 Å². The smallest absolute Gasteiger partial charge is 0.192 e. The minimum absolute atomic E-state index is 0.00568. The second kappa shape index (κ2) is 15.3. The quantitative estimate of drug-likeness (QED) is 0.144. The second-order valence-corrected chi connectivity index (χ2v) is 32.8. The van der Waals surface area contributed by atoms with Gasteiger partial charge in [-0.2, -0.15) is 0 Å². The van der Waals surface area contributed by atoms with E-state index in [1.165, 1.54) is 0 Å². The number of rotatable bonds is 15. The van der Waals surface area contributed by atoms with Gasteiger partial charge in [0.15, 0.2) is 30.7 Å². The molecule has 10 heteroatoms. The van der Waals surface area contributed by atoms with Crippen LogP contribution in [0.15, 0.2) is 42.0 Å². The van der Waals surface area contributed by atoms with E-state index >= 15 is 0 Å². The molecule has 0 aliphatic carbocycles. The van der Waals surface area contributed by atoms with Crippen LogP contribution in [-0.2, 0) is 34.1 Å². The number of hydrogen-bond acceptors (Lipinski definition) is 7. The molecular weight excluding hydrogens is 641 g/mol. The van der Waals surface area contributed by atoms with E-state index in [0.717, 1.165) is 5.56 Å². The predicted octanol–water partition coefficient (Wildman–Crippen LogP) is 9.45.